The summed E-state index contributed by atoms with van der Waals surface area (Å²) >= 11 is 0. The molecule has 0 spiro atoms. The average Bonchev–Trinajstić information content (AvgIpc) is 3.12. The van der Waals surface area contributed by atoms with Crippen molar-refractivity contribution < 1.29 is 9.53 Å². The Morgan fingerprint density at radius 3 is 2.84 bits per heavy atom. The number of ether oxygens (including phenoxy) is 1. The summed E-state index contributed by atoms with van der Waals surface area (Å²) in [7, 11) is 1.90. The number of nitrogens with zero attached hydrogens (tertiary/aromatic N) is 1. The summed E-state index contributed by atoms with van der Waals surface area (Å²) in [6.07, 6.45) is 6.71. The Bertz CT molecular complexity index is 297. The highest BCUT2D eigenvalue weighted by Crippen LogP contribution is 2.29. The van der Waals surface area contributed by atoms with Gasteiger partial charge in [-0.3, -0.25) is 4.79 Å². The number of amides is 1. The Hall–Kier alpha value is -0.610. The van der Waals surface area contributed by atoms with Crippen molar-refractivity contribution in [2.75, 3.05) is 33.4 Å². The summed E-state index contributed by atoms with van der Waals surface area (Å²) in [6.45, 7) is 5.37. The van der Waals surface area contributed by atoms with E-state index in [-0.39, 0.29) is 11.4 Å². The van der Waals surface area contributed by atoms with Gasteiger partial charge in [0.1, 0.15) is 0 Å². The van der Waals surface area contributed by atoms with Crippen LogP contribution in [0.1, 0.15) is 45.4 Å². The molecule has 1 heterocycles. The van der Waals surface area contributed by atoms with Gasteiger partial charge in [-0.15, -0.1) is 0 Å². The van der Waals surface area contributed by atoms with Gasteiger partial charge in [-0.1, -0.05) is 13.3 Å². The van der Waals surface area contributed by atoms with Crippen LogP contribution >= 0.6 is 0 Å². The molecule has 4 nitrogen and oxygen atoms in total. The molecule has 1 aliphatic carbocycles. The van der Waals surface area contributed by atoms with Gasteiger partial charge in [-0.05, 0) is 44.6 Å². The van der Waals surface area contributed by atoms with Crippen LogP contribution in [0.2, 0.25) is 0 Å². The predicted molar refractivity (Wildman–Crippen MR) is 76.1 cm³/mol. The largest absolute Gasteiger partial charge is 0.379 e. The lowest BCUT2D eigenvalue weighted by atomic mass is 9.90. The highest BCUT2D eigenvalue weighted by Gasteiger charge is 2.41. The highest BCUT2D eigenvalue weighted by molar-refractivity contribution is 5.86. The van der Waals surface area contributed by atoms with Gasteiger partial charge < -0.3 is 15.0 Å². The van der Waals surface area contributed by atoms with E-state index in [1.807, 2.05) is 11.9 Å². The van der Waals surface area contributed by atoms with Gasteiger partial charge in [0.05, 0.1) is 12.1 Å². The molecule has 1 amide bonds. The minimum Gasteiger partial charge on any atom is -0.379 e. The summed E-state index contributed by atoms with van der Waals surface area (Å²) in [6, 6.07) is 0. The second-order valence-electron chi connectivity index (χ2n) is 6.11. The smallest absolute Gasteiger partial charge is 0.242 e. The standard InChI is InChI=1S/C15H28N2O2/c1-3-7-15(8-4-9-16-15)14(18)17(2)10-11-19-12-13-5-6-13/h13,16H,3-12H2,1-2H3. The van der Waals surface area contributed by atoms with E-state index in [0.29, 0.717) is 13.2 Å². The van der Waals surface area contributed by atoms with Crippen molar-refractivity contribution in [1.82, 2.24) is 10.2 Å². The number of likely N-dealkylation sites (N-methyl/N-ethyl adjacent to an activating group) is 1. The molecule has 1 saturated heterocycles. The maximum atomic E-state index is 12.6. The van der Waals surface area contributed by atoms with Crippen LogP contribution in [0.4, 0.5) is 0 Å². The van der Waals surface area contributed by atoms with E-state index in [1.165, 1.54) is 12.8 Å². The molecule has 0 bridgehead atoms. The molecule has 1 aliphatic heterocycles. The van der Waals surface area contributed by atoms with E-state index in [0.717, 1.165) is 44.8 Å². The highest BCUT2D eigenvalue weighted by atomic mass is 16.5. The normalized spacial score (nSPS) is 26.6. The summed E-state index contributed by atoms with van der Waals surface area (Å²) in [5.41, 5.74) is -0.292. The molecular weight excluding hydrogens is 240 g/mol. The molecule has 1 N–H and O–H groups in total. The lowest BCUT2D eigenvalue weighted by Crippen LogP contribution is -2.54. The molecule has 0 aromatic rings. The van der Waals surface area contributed by atoms with Crippen molar-refractivity contribution in [1.29, 1.82) is 0 Å². The van der Waals surface area contributed by atoms with Crippen LogP contribution in [0.25, 0.3) is 0 Å². The fourth-order valence-electron chi connectivity index (χ4n) is 2.94. The van der Waals surface area contributed by atoms with Crippen LogP contribution in [-0.2, 0) is 9.53 Å². The van der Waals surface area contributed by atoms with E-state index in [4.69, 9.17) is 4.74 Å². The van der Waals surface area contributed by atoms with Crippen molar-refractivity contribution in [3.63, 3.8) is 0 Å². The first kappa shape index (κ1) is 14.8. The quantitative estimate of drug-likeness (QED) is 0.682. The van der Waals surface area contributed by atoms with Crippen LogP contribution in [0.3, 0.4) is 0 Å². The van der Waals surface area contributed by atoms with E-state index in [1.54, 1.807) is 0 Å². The zero-order valence-electron chi connectivity index (χ0n) is 12.4. The van der Waals surface area contributed by atoms with Crippen molar-refractivity contribution in [2.24, 2.45) is 5.92 Å². The van der Waals surface area contributed by atoms with Gasteiger partial charge in [-0.2, -0.15) is 0 Å². The van der Waals surface area contributed by atoms with Gasteiger partial charge >= 0.3 is 0 Å². The molecule has 0 aromatic carbocycles. The van der Waals surface area contributed by atoms with E-state index in [9.17, 15) is 4.79 Å². The number of nitrogens with one attached hydrogen (secondary N) is 1. The second kappa shape index (κ2) is 6.71. The van der Waals surface area contributed by atoms with Gasteiger partial charge in [0, 0.05) is 20.2 Å². The van der Waals surface area contributed by atoms with Crippen molar-refractivity contribution in [3.05, 3.63) is 0 Å². The minimum atomic E-state index is -0.292. The maximum Gasteiger partial charge on any atom is 0.242 e. The molecule has 2 aliphatic rings. The van der Waals surface area contributed by atoms with Crippen molar-refractivity contribution >= 4 is 5.91 Å². The molecule has 0 aromatic heterocycles. The lowest BCUT2D eigenvalue weighted by Gasteiger charge is -2.32. The van der Waals surface area contributed by atoms with Crippen LogP contribution in [0.15, 0.2) is 0 Å². The van der Waals surface area contributed by atoms with Gasteiger partial charge in [0.15, 0.2) is 0 Å². The monoisotopic (exact) mass is 268 g/mol. The summed E-state index contributed by atoms with van der Waals surface area (Å²) in [5.74, 6) is 1.05. The first-order chi connectivity index (χ1) is 9.18. The molecule has 1 atom stereocenters. The fourth-order valence-corrected chi connectivity index (χ4v) is 2.94. The average molecular weight is 268 g/mol. The summed E-state index contributed by atoms with van der Waals surface area (Å²) < 4.78 is 5.62. The van der Waals surface area contributed by atoms with E-state index < -0.39 is 0 Å². The van der Waals surface area contributed by atoms with Crippen molar-refractivity contribution in [3.8, 4) is 0 Å². The maximum absolute atomic E-state index is 12.6. The Morgan fingerprint density at radius 1 is 1.47 bits per heavy atom. The topological polar surface area (TPSA) is 41.6 Å². The van der Waals surface area contributed by atoms with Gasteiger partial charge in [0.25, 0.3) is 0 Å². The Morgan fingerprint density at radius 2 is 2.26 bits per heavy atom. The first-order valence-electron chi connectivity index (χ1n) is 7.76. The third-order valence-corrected chi connectivity index (χ3v) is 4.30. The molecule has 19 heavy (non-hydrogen) atoms. The molecular formula is C15H28N2O2. The van der Waals surface area contributed by atoms with Crippen LogP contribution in [0, 0.1) is 5.92 Å². The molecule has 4 heteroatoms. The molecule has 110 valence electrons. The van der Waals surface area contributed by atoms with Crippen molar-refractivity contribution in [2.45, 2.75) is 51.0 Å². The minimum absolute atomic E-state index is 0.252. The Balaban J connectivity index is 1.75. The van der Waals surface area contributed by atoms with Crippen LogP contribution < -0.4 is 5.32 Å². The SMILES string of the molecule is CCCC1(C(=O)N(C)CCOCC2CC2)CCCN1. The van der Waals surface area contributed by atoms with Crippen LogP contribution in [0.5, 0.6) is 0 Å². The first-order valence-corrected chi connectivity index (χ1v) is 7.76. The Labute approximate surface area is 116 Å². The number of rotatable bonds is 8. The number of hydrogen-bond acceptors (Lipinski definition) is 3. The zero-order chi connectivity index (χ0) is 13.7. The molecule has 1 saturated carbocycles. The number of carbonyl (C=O) groups is 1. The summed E-state index contributed by atoms with van der Waals surface area (Å²) in [4.78, 5) is 14.5. The molecule has 2 fully saturated rings. The fraction of sp³-hybridized carbons (Fsp3) is 0.933. The zero-order valence-corrected chi connectivity index (χ0v) is 12.4. The summed E-state index contributed by atoms with van der Waals surface area (Å²) in [5, 5.41) is 3.44. The van der Waals surface area contributed by atoms with E-state index in [2.05, 4.69) is 12.2 Å². The third-order valence-electron chi connectivity index (χ3n) is 4.30. The Kier molecular flexibility index (Phi) is 5.22. The van der Waals surface area contributed by atoms with E-state index >= 15 is 0 Å². The second-order valence-corrected chi connectivity index (χ2v) is 6.11. The molecule has 1 unspecified atom stereocenters. The number of hydrogen-bond donors (Lipinski definition) is 1. The third kappa shape index (κ3) is 3.93. The van der Waals surface area contributed by atoms with Gasteiger partial charge in [0.2, 0.25) is 5.91 Å². The molecule has 0 radical (unpaired) electrons. The predicted octanol–water partition coefficient (Wildman–Crippen LogP) is 1.79. The number of carbonyl (C=O) groups excluding carboxylic acids is 1. The van der Waals surface area contributed by atoms with Gasteiger partial charge in [-0.25, -0.2) is 0 Å². The van der Waals surface area contributed by atoms with Crippen LogP contribution in [-0.4, -0.2) is 49.7 Å². The lowest BCUT2D eigenvalue weighted by molar-refractivity contribution is -0.137. The molecule has 2 rings (SSSR count).